The van der Waals surface area contributed by atoms with Gasteiger partial charge in [-0.25, -0.2) is 9.18 Å². The molecule has 122 valence electrons. The molecule has 0 bridgehead atoms. The van der Waals surface area contributed by atoms with E-state index < -0.39 is 5.60 Å². The lowest BCUT2D eigenvalue weighted by Gasteiger charge is -2.34. The number of carbonyl (C=O) groups is 2. The van der Waals surface area contributed by atoms with Crippen LogP contribution in [0.5, 0.6) is 0 Å². The van der Waals surface area contributed by atoms with Gasteiger partial charge in [0, 0.05) is 12.1 Å². The van der Waals surface area contributed by atoms with E-state index >= 15 is 0 Å². The molecule has 0 radical (unpaired) electrons. The molecule has 0 saturated heterocycles. The zero-order valence-electron chi connectivity index (χ0n) is 13.2. The van der Waals surface area contributed by atoms with Crippen LogP contribution in [0.25, 0.3) is 0 Å². The number of hydrogen-bond donors (Lipinski definition) is 1. The number of ether oxygens (including phenoxy) is 1. The van der Waals surface area contributed by atoms with Crippen LogP contribution in [0.3, 0.4) is 0 Å². The maximum absolute atomic E-state index is 12.9. The molecule has 1 heterocycles. The van der Waals surface area contributed by atoms with Crippen molar-refractivity contribution in [2.75, 3.05) is 0 Å². The van der Waals surface area contributed by atoms with Crippen molar-refractivity contribution in [2.24, 2.45) is 0 Å². The van der Waals surface area contributed by atoms with E-state index in [1.54, 1.807) is 19.1 Å². The third-order valence-corrected chi connectivity index (χ3v) is 4.68. The van der Waals surface area contributed by atoms with Crippen molar-refractivity contribution < 1.29 is 18.7 Å². The van der Waals surface area contributed by atoms with Crippen molar-refractivity contribution >= 4 is 11.9 Å². The first kappa shape index (κ1) is 15.7. The summed E-state index contributed by atoms with van der Waals surface area (Å²) in [4.78, 5) is 24.6. The molecule has 1 spiro atoms. The van der Waals surface area contributed by atoms with E-state index in [1.807, 2.05) is 0 Å². The monoisotopic (exact) mass is 317 g/mol. The summed E-state index contributed by atoms with van der Waals surface area (Å²) in [6.07, 6.45) is 4.41. The third kappa shape index (κ3) is 3.00. The molecule has 1 N–H and O–H groups in total. The van der Waals surface area contributed by atoms with E-state index in [4.69, 9.17) is 4.74 Å². The van der Waals surface area contributed by atoms with Gasteiger partial charge in [-0.2, -0.15) is 0 Å². The van der Waals surface area contributed by atoms with E-state index in [1.165, 1.54) is 12.1 Å². The van der Waals surface area contributed by atoms with Crippen molar-refractivity contribution in [1.29, 1.82) is 0 Å². The summed E-state index contributed by atoms with van der Waals surface area (Å²) < 4.78 is 18.5. The average molecular weight is 317 g/mol. The molecule has 0 atom stereocenters. The standard InChI is InChI=1S/C18H20FNO3/c1-12-15(18(23-17(12)22)9-3-2-4-10-18)16(21)20-11-13-5-7-14(19)8-6-13/h5-8H,2-4,9-11H2,1H3,(H,20,21). The molecule has 23 heavy (non-hydrogen) atoms. The number of amides is 1. The number of hydrogen-bond acceptors (Lipinski definition) is 3. The molecular formula is C18H20FNO3. The lowest BCUT2D eigenvalue weighted by atomic mass is 9.78. The van der Waals surface area contributed by atoms with Crippen LogP contribution >= 0.6 is 0 Å². The van der Waals surface area contributed by atoms with Crippen LogP contribution < -0.4 is 5.32 Å². The smallest absolute Gasteiger partial charge is 0.335 e. The van der Waals surface area contributed by atoms with E-state index in [9.17, 15) is 14.0 Å². The molecule has 1 fully saturated rings. The van der Waals surface area contributed by atoms with Crippen LogP contribution in [0.15, 0.2) is 35.4 Å². The van der Waals surface area contributed by atoms with Gasteiger partial charge in [-0.1, -0.05) is 18.6 Å². The Balaban J connectivity index is 1.76. The molecular weight excluding hydrogens is 297 g/mol. The summed E-state index contributed by atoms with van der Waals surface area (Å²) in [6.45, 7) is 1.94. The van der Waals surface area contributed by atoms with Gasteiger partial charge in [0.1, 0.15) is 11.4 Å². The molecule has 3 rings (SSSR count). The summed E-state index contributed by atoms with van der Waals surface area (Å²) in [5, 5.41) is 2.83. The lowest BCUT2D eigenvalue weighted by molar-refractivity contribution is -0.149. The van der Waals surface area contributed by atoms with Crippen molar-refractivity contribution in [3.8, 4) is 0 Å². The fourth-order valence-electron chi connectivity index (χ4n) is 3.47. The molecule has 2 aliphatic rings. The highest BCUT2D eigenvalue weighted by atomic mass is 19.1. The minimum Gasteiger partial charge on any atom is -0.451 e. The Morgan fingerprint density at radius 3 is 2.52 bits per heavy atom. The van der Waals surface area contributed by atoms with Crippen LogP contribution in [-0.4, -0.2) is 17.5 Å². The maximum Gasteiger partial charge on any atom is 0.335 e. The fraction of sp³-hybridized carbons (Fsp3) is 0.444. The van der Waals surface area contributed by atoms with Crippen molar-refractivity contribution in [3.05, 3.63) is 46.8 Å². The third-order valence-electron chi connectivity index (χ3n) is 4.68. The van der Waals surface area contributed by atoms with Gasteiger partial charge in [-0.15, -0.1) is 0 Å². The van der Waals surface area contributed by atoms with Crippen molar-refractivity contribution in [2.45, 2.75) is 51.2 Å². The fourth-order valence-corrected chi connectivity index (χ4v) is 3.47. The molecule has 0 aromatic heterocycles. The van der Waals surface area contributed by atoms with Crippen LogP contribution in [0.4, 0.5) is 4.39 Å². The van der Waals surface area contributed by atoms with Crippen LogP contribution in [0.2, 0.25) is 0 Å². The zero-order valence-corrected chi connectivity index (χ0v) is 13.2. The number of rotatable bonds is 3. The zero-order chi connectivity index (χ0) is 16.4. The Bertz CT molecular complexity index is 657. The molecule has 4 nitrogen and oxygen atoms in total. The molecule has 1 saturated carbocycles. The second-order valence-corrected chi connectivity index (χ2v) is 6.25. The number of nitrogens with one attached hydrogen (secondary N) is 1. The van der Waals surface area contributed by atoms with Gasteiger partial charge in [-0.3, -0.25) is 4.79 Å². The molecule has 1 aromatic rings. The quantitative estimate of drug-likeness (QED) is 0.872. The minimum atomic E-state index is -0.744. The minimum absolute atomic E-state index is 0.264. The largest absolute Gasteiger partial charge is 0.451 e. The Hall–Kier alpha value is -2.17. The van der Waals surface area contributed by atoms with Crippen LogP contribution in [-0.2, 0) is 20.9 Å². The van der Waals surface area contributed by atoms with Crippen LogP contribution in [0.1, 0.15) is 44.6 Å². The number of esters is 1. The first-order valence-corrected chi connectivity index (χ1v) is 7.99. The first-order chi connectivity index (χ1) is 11.0. The predicted octanol–water partition coefficient (Wildman–Crippen LogP) is 3.02. The molecule has 5 heteroatoms. The topological polar surface area (TPSA) is 55.4 Å². The number of carbonyl (C=O) groups excluding carboxylic acids is 2. The van der Waals surface area contributed by atoms with Gasteiger partial charge < -0.3 is 10.1 Å². The molecule has 0 unspecified atom stereocenters. The Morgan fingerprint density at radius 1 is 1.22 bits per heavy atom. The molecule has 1 amide bonds. The second-order valence-electron chi connectivity index (χ2n) is 6.25. The highest BCUT2D eigenvalue weighted by Gasteiger charge is 2.49. The van der Waals surface area contributed by atoms with Gasteiger partial charge in [-0.05, 0) is 50.3 Å². The lowest BCUT2D eigenvalue weighted by Crippen LogP contribution is -2.41. The average Bonchev–Trinajstić information content (AvgIpc) is 2.78. The predicted molar refractivity (Wildman–Crippen MR) is 82.9 cm³/mol. The highest BCUT2D eigenvalue weighted by molar-refractivity contribution is 6.07. The number of halogens is 1. The summed E-state index contributed by atoms with van der Waals surface area (Å²) in [5.74, 6) is -0.965. The van der Waals surface area contributed by atoms with Gasteiger partial charge >= 0.3 is 5.97 Å². The van der Waals surface area contributed by atoms with Gasteiger partial charge in [0.05, 0.1) is 5.57 Å². The van der Waals surface area contributed by atoms with E-state index in [2.05, 4.69) is 5.32 Å². The first-order valence-electron chi connectivity index (χ1n) is 7.99. The molecule has 1 aliphatic heterocycles. The second kappa shape index (κ2) is 6.14. The number of benzene rings is 1. The summed E-state index contributed by atoms with van der Waals surface area (Å²) in [7, 11) is 0. The highest BCUT2D eigenvalue weighted by Crippen LogP contribution is 2.43. The van der Waals surface area contributed by atoms with E-state index in [-0.39, 0.29) is 17.7 Å². The molecule has 1 aliphatic carbocycles. The van der Waals surface area contributed by atoms with Gasteiger partial charge in [0.2, 0.25) is 0 Å². The van der Waals surface area contributed by atoms with Crippen molar-refractivity contribution in [3.63, 3.8) is 0 Å². The summed E-state index contributed by atoms with van der Waals surface area (Å²) in [6, 6.07) is 5.97. The SMILES string of the molecule is CC1=C(C(=O)NCc2ccc(F)cc2)C2(CCCCC2)OC1=O. The summed E-state index contributed by atoms with van der Waals surface area (Å²) in [5.41, 5.74) is 0.945. The van der Waals surface area contributed by atoms with Crippen molar-refractivity contribution in [1.82, 2.24) is 5.32 Å². The van der Waals surface area contributed by atoms with Gasteiger partial charge in [0.25, 0.3) is 5.91 Å². The van der Waals surface area contributed by atoms with Gasteiger partial charge in [0.15, 0.2) is 0 Å². The van der Waals surface area contributed by atoms with E-state index in [0.717, 1.165) is 24.8 Å². The summed E-state index contributed by atoms with van der Waals surface area (Å²) >= 11 is 0. The Labute approximate surface area is 134 Å². The van der Waals surface area contributed by atoms with E-state index in [0.29, 0.717) is 30.5 Å². The Kier molecular flexibility index (Phi) is 4.20. The Morgan fingerprint density at radius 2 is 1.87 bits per heavy atom. The molecule has 1 aromatic carbocycles. The normalized spacial score (nSPS) is 19.8. The maximum atomic E-state index is 12.9. The van der Waals surface area contributed by atoms with Crippen LogP contribution in [0, 0.1) is 5.82 Å².